The lowest BCUT2D eigenvalue weighted by Gasteiger charge is -2.12. The first kappa shape index (κ1) is 16.8. The Morgan fingerprint density at radius 3 is 2.72 bits per heavy atom. The number of carbonyl (C=O) groups is 2. The number of hydrogen-bond donors (Lipinski definition) is 1. The summed E-state index contributed by atoms with van der Waals surface area (Å²) in [7, 11) is 1.57. The third-order valence-electron chi connectivity index (χ3n) is 4.01. The van der Waals surface area contributed by atoms with Crippen molar-refractivity contribution in [3.8, 4) is 5.75 Å². The Morgan fingerprint density at radius 1 is 1.12 bits per heavy atom. The highest BCUT2D eigenvalue weighted by Crippen LogP contribution is 2.20. The number of fused-ring (bicyclic) bond motifs is 1. The van der Waals surface area contributed by atoms with E-state index in [9.17, 15) is 9.59 Å². The molecule has 3 rings (SSSR count). The maximum absolute atomic E-state index is 12.6. The molecule has 0 aliphatic heterocycles. The van der Waals surface area contributed by atoms with Crippen molar-refractivity contribution < 1.29 is 19.1 Å². The largest absolute Gasteiger partial charge is 0.497 e. The lowest BCUT2D eigenvalue weighted by molar-refractivity contribution is -0.145. The summed E-state index contributed by atoms with van der Waals surface area (Å²) in [6, 6.07) is 14.7. The first-order chi connectivity index (χ1) is 12.1. The van der Waals surface area contributed by atoms with Crippen LogP contribution in [-0.2, 0) is 16.0 Å². The summed E-state index contributed by atoms with van der Waals surface area (Å²) in [5, 5.41) is 0.822. The maximum atomic E-state index is 12.6. The summed E-state index contributed by atoms with van der Waals surface area (Å²) >= 11 is 0. The number of hydrogen-bond acceptors (Lipinski definition) is 4. The summed E-state index contributed by atoms with van der Waals surface area (Å²) in [4.78, 5) is 27.8. The molecule has 0 aliphatic rings. The molecule has 5 nitrogen and oxygen atoms in total. The SMILES string of the molecule is COc1cccc(CC(=O)O[C@@H](C)C(=O)c2c[nH]c3ccccc23)c1. The van der Waals surface area contributed by atoms with E-state index < -0.39 is 12.1 Å². The van der Waals surface area contributed by atoms with Crippen LogP contribution in [0.4, 0.5) is 0 Å². The van der Waals surface area contributed by atoms with E-state index in [2.05, 4.69) is 4.98 Å². The van der Waals surface area contributed by atoms with E-state index in [0.717, 1.165) is 16.5 Å². The number of ether oxygens (including phenoxy) is 2. The van der Waals surface area contributed by atoms with Crippen LogP contribution in [0.3, 0.4) is 0 Å². The molecule has 2 aromatic carbocycles. The summed E-state index contributed by atoms with van der Waals surface area (Å²) in [5.74, 6) is -0.00129. The summed E-state index contributed by atoms with van der Waals surface area (Å²) < 4.78 is 10.5. The fraction of sp³-hybridized carbons (Fsp3) is 0.200. The zero-order chi connectivity index (χ0) is 17.8. The molecule has 1 atom stereocenters. The predicted octanol–water partition coefficient (Wildman–Crippen LogP) is 3.53. The van der Waals surface area contributed by atoms with Gasteiger partial charge in [-0.25, -0.2) is 0 Å². The molecule has 0 spiro atoms. The van der Waals surface area contributed by atoms with Gasteiger partial charge in [0.1, 0.15) is 5.75 Å². The number of ketones is 1. The molecule has 0 unspecified atom stereocenters. The lowest BCUT2D eigenvalue weighted by atomic mass is 10.1. The van der Waals surface area contributed by atoms with Crippen LogP contribution in [-0.4, -0.2) is 30.0 Å². The number of Topliss-reactive ketones (excluding diaryl/α,β-unsaturated/α-hetero) is 1. The number of aromatic nitrogens is 1. The van der Waals surface area contributed by atoms with Crippen LogP contribution in [0, 0.1) is 0 Å². The highest BCUT2D eigenvalue weighted by atomic mass is 16.5. The molecule has 0 amide bonds. The number of nitrogens with one attached hydrogen (secondary N) is 1. The fourth-order valence-electron chi connectivity index (χ4n) is 2.74. The minimum atomic E-state index is -0.850. The Morgan fingerprint density at radius 2 is 1.92 bits per heavy atom. The molecule has 128 valence electrons. The van der Waals surface area contributed by atoms with Gasteiger partial charge in [-0.15, -0.1) is 0 Å². The molecular weight excluding hydrogens is 318 g/mol. The van der Waals surface area contributed by atoms with Gasteiger partial charge in [0.2, 0.25) is 5.78 Å². The third-order valence-corrected chi connectivity index (χ3v) is 4.01. The second-order valence-electron chi connectivity index (χ2n) is 5.77. The zero-order valence-electron chi connectivity index (χ0n) is 14.1. The standard InChI is InChI=1S/C20H19NO4/c1-13(20(23)17-12-21-18-9-4-3-8-16(17)18)25-19(22)11-14-6-5-7-15(10-14)24-2/h3-10,12-13,21H,11H2,1-2H3/t13-/m0/s1. The monoisotopic (exact) mass is 337 g/mol. The van der Waals surface area contributed by atoms with Crippen LogP contribution >= 0.6 is 0 Å². The van der Waals surface area contributed by atoms with E-state index in [1.54, 1.807) is 32.4 Å². The van der Waals surface area contributed by atoms with Gasteiger partial charge in [-0.3, -0.25) is 9.59 Å². The average molecular weight is 337 g/mol. The van der Waals surface area contributed by atoms with Gasteiger partial charge in [0, 0.05) is 22.7 Å². The van der Waals surface area contributed by atoms with Gasteiger partial charge in [-0.1, -0.05) is 30.3 Å². The molecule has 0 bridgehead atoms. The number of para-hydroxylation sites is 1. The van der Waals surface area contributed by atoms with Crippen LogP contribution < -0.4 is 4.74 Å². The van der Waals surface area contributed by atoms with E-state index >= 15 is 0 Å². The summed E-state index contributed by atoms with van der Waals surface area (Å²) in [6.07, 6.45) is 0.888. The minimum absolute atomic E-state index is 0.0860. The third kappa shape index (κ3) is 3.71. The van der Waals surface area contributed by atoms with Gasteiger partial charge >= 0.3 is 5.97 Å². The second-order valence-corrected chi connectivity index (χ2v) is 5.77. The van der Waals surface area contributed by atoms with Crippen molar-refractivity contribution in [2.45, 2.75) is 19.4 Å². The molecule has 1 N–H and O–H groups in total. The van der Waals surface area contributed by atoms with Gasteiger partial charge in [0.15, 0.2) is 6.10 Å². The number of rotatable bonds is 6. The Hall–Kier alpha value is -3.08. The van der Waals surface area contributed by atoms with E-state index in [4.69, 9.17) is 9.47 Å². The smallest absolute Gasteiger partial charge is 0.310 e. The van der Waals surface area contributed by atoms with Crippen molar-refractivity contribution in [3.05, 3.63) is 65.9 Å². The first-order valence-corrected chi connectivity index (χ1v) is 8.01. The van der Waals surface area contributed by atoms with Gasteiger partial charge in [-0.05, 0) is 30.7 Å². The molecule has 0 saturated carbocycles. The van der Waals surface area contributed by atoms with Crippen LogP contribution in [0.5, 0.6) is 5.75 Å². The number of carbonyl (C=O) groups excluding carboxylic acids is 2. The molecule has 0 saturated heterocycles. The molecule has 0 radical (unpaired) electrons. The van der Waals surface area contributed by atoms with E-state index in [0.29, 0.717) is 11.3 Å². The van der Waals surface area contributed by atoms with E-state index in [-0.39, 0.29) is 12.2 Å². The first-order valence-electron chi connectivity index (χ1n) is 8.01. The van der Waals surface area contributed by atoms with Gasteiger partial charge < -0.3 is 14.5 Å². The number of esters is 1. The Kier molecular flexibility index (Phi) is 4.84. The molecular formula is C20H19NO4. The van der Waals surface area contributed by atoms with Crippen molar-refractivity contribution in [2.24, 2.45) is 0 Å². The lowest BCUT2D eigenvalue weighted by Crippen LogP contribution is -2.25. The molecule has 25 heavy (non-hydrogen) atoms. The van der Waals surface area contributed by atoms with Crippen molar-refractivity contribution in [3.63, 3.8) is 0 Å². The van der Waals surface area contributed by atoms with Crippen LogP contribution in [0.2, 0.25) is 0 Å². The molecule has 3 aromatic rings. The van der Waals surface area contributed by atoms with Gasteiger partial charge in [0.25, 0.3) is 0 Å². The number of H-pyrrole nitrogens is 1. The summed E-state index contributed by atoms with van der Waals surface area (Å²) in [5.41, 5.74) is 2.18. The van der Waals surface area contributed by atoms with Gasteiger partial charge in [-0.2, -0.15) is 0 Å². The highest BCUT2D eigenvalue weighted by molar-refractivity contribution is 6.10. The molecule has 1 heterocycles. The van der Waals surface area contributed by atoms with E-state index in [1.807, 2.05) is 36.4 Å². The molecule has 5 heteroatoms. The zero-order valence-corrected chi connectivity index (χ0v) is 14.1. The predicted molar refractivity (Wildman–Crippen MR) is 94.9 cm³/mol. The molecule has 0 fully saturated rings. The van der Waals surface area contributed by atoms with Crippen LogP contribution in [0.15, 0.2) is 54.7 Å². The average Bonchev–Trinajstić information content (AvgIpc) is 3.05. The van der Waals surface area contributed by atoms with Crippen molar-refractivity contribution in [1.29, 1.82) is 0 Å². The van der Waals surface area contributed by atoms with Crippen LogP contribution in [0.1, 0.15) is 22.8 Å². The van der Waals surface area contributed by atoms with Crippen molar-refractivity contribution >= 4 is 22.7 Å². The Balaban J connectivity index is 1.67. The minimum Gasteiger partial charge on any atom is -0.497 e. The topological polar surface area (TPSA) is 68.4 Å². The normalized spacial score (nSPS) is 11.9. The quantitative estimate of drug-likeness (QED) is 0.552. The summed E-state index contributed by atoms with van der Waals surface area (Å²) in [6.45, 7) is 1.59. The van der Waals surface area contributed by atoms with Gasteiger partial charge in [0.05, 0.1) is 13.5 Å². The Labute approximate surface area is 145 Å². The van der Waals surface area contributed by atoms with Crippen LogP contribution in [0.25, 0.3) is 10.9 Å². The van der Waals surface area contributed by atoms with E-state index in [1.165, 1.54) is 0 Å². The second kappa shape index (κ2) is 7.21. The molecule has 1 aromatic heterocycles. The molecule has 0 aliphatic carbocycles. The Bertz CT molecular complexity index is 913. The number of benzene rings is 2. The van der Waals surface area contributed by atoms with Crippen molar-refractivity contribution in [2.75, 3.05) is 7.11 Å². The fourth-order valence-corrected chi connectivity index (χ4v) is 2.74. The highest BCUT2D eigenvalue weighted by Gasteiger charge is 2.22. The number of methoxy groups -OCH3 is 1. The van der Waals surface area contributed by atoms with Crippen molar-refractivity contribution in [1.82, 2.24) is 4.98 Å². The number of aromatic amines is 1. The maximum Gasteiger partial charge on any atom is 0.310 e.